The van der Waals surface area contributed by atoms with Crippen molar-refractivity contribution in [2.45, 2.75) is 77.4 Å². The zero-order valence-corrected chi connectivity index (χ0v) is 39.0. The third-order valence-corrected chi connectivity index (χ3v) is 21.7. The largest absolute Gasteiger partial charge is 0.310 e. The molecule has 1 aliphatic carbocycles. The van der Waals surface area contributed by atoms with Gasteiger partial charge in [0.05, 0.1) is 19.1 Å². The summed E-state index contributed by atoms with van der Waals surface area (Å²) in [5.74, 6) is 0. The predicted octanol–water partition coefficient (Wildman–Crippen LogP) is 16.8. The Balaban J connectivity index is 1.06. The highest BCUT2D eigenvalue weighted by atomic mass is 28.3. The van der Waals surface area contributed by atoms with Gasteiger partial charge in [-0.25, -0.2) is 0 Å². The van der Waals surface area contributed by atoms with Gasteiger partial charge in [-0.2, -0.15) is 0 Å². The molecule has 0 bridgehead atoms. The first-order valence-electron chi connectivity index (χ1n) is 22.9. The van der Waals surface area contributed by atoms with E-state index in [0.29, 0.717) is 16.6 Å². The van der Waals surface area contributed by atoms with Crippen molar-refractivity contribution in [1.82, 2.24) is 4.57 Å². The Labute approximate surface area is 375 Å². The first-order valence-corrected chi connectivity index (χ1v) is 25.2. The summed E-state index contributed by atoms with van der Waals surface area (Å²) in [7, 11) is -1.84. The smallest absolute Gasteiger partial charge is 0.0942 e. The molecule has 9 aromatic rings. The lowest BCUT2D eigenvalue weighted by Gasteiger charge is -2.44. The zero-order valence-electron chi connectivity index (χ0n) is 38.0. The van der Waals surface area contributed by atoms with Gasteiger partial charge in [-0.1, -0.05) is 182 Å². The fraction of sp³-hybridized carbons (Fsp3) is 0.200. The summed E-state index contributed by atoms with van der Waals surface area (Å²) in [6, 6.07) is 70.1. The maximum Gasteiger partial charge on any atom is 0.0942 e. The Bertz CT molecular complexity index is 3080. The minimum Gasteiger partial charge on any atom is -0.310 e. The third kappa shape index (κ3) is 6.59. The molecule has 0 amide bonds. The molecule has 1 aliphatic rings. The van der Waals surface area contributed by atoms with E-state index < -0.39 is 8.07 Å². The predicted molar refractivity (Wildman–Crippen MR) is 275 cm³/mol. The molecule has 0 atom stereocenters. The first kappa shape index (κ1) is 40.6. The lowest BCUT2D eigenvalue weighted by molar-refractivity contribution is 0.660. The van der Waals surface area contributed by atoms with E-state index in [1.807, 2.05) is 0 Å². The number of benzene rings is 8. The van der Waals surface area contributed by atoms with Crippen molar-refractivity contribution < 1.29 is 0 Å². The molecule has 312 valence electrons. The molecule has 0 radical (unpaired) electrons. The molecule has 1 heterocycles. The van der Waals surface area contributed by atoms with Crippen LogP contribution in [-0.4, -0.2) is 12.6 Å². The van der Waals surface area contributed by atoms with Gasteiger partial charge >= 0.3 is 0 Å². The van der Waals surface area contributed by atoms with E-state index in [2.05, 4.69) is 253 Å². The maximum atomic E-state index is 2.64. The fourth-order valence-corrected chi connectivity index (χ4v) is 18.6. The first-order chi connectivity index (χ1) is 30.5. The second-order valence-electron chi connectivity index (χ2n) is 19.2. The van der Waals surface area contributed by atoms with Crippen molar-refractivity contribution in [2.24, 2.45) is 0 Å². The molecule has 0 unspecified atom stereocenters. The van der Waals surface area contributed by atoms with E-state index in [4.69, 9.17) is 0 Å². The summed E-state index contributed by atoms with van der Waals surface area (Å²) < 4.78 is 2.38. The standard InChI is InChI=1S/C60H58N2Si/c1-40(2)63(41(3)4,42(5)6)51-33-35-53-52-34-32-50(38-56(52)60(7,8)57(53)39-51)61(48-28-23-44(24-29-48)43-17-11-9-12-18-43)49-30-25-45(26-31-49)46-27-36-59-55(37-46)54-21-15-16-22-58(54)62(59)47-19-13-10-14-20-47/h9-42H,1-8H3. The number of hydrogen-bond acceptors (Lipinski definition) is 1. The number of aromatic nitrogens is 1. The Morgan fingerprint density at radius 3 is 1.51 bits per heavy atom. The van der Waals surface area contributed by atoms with Crippen LogP contribution in [0.25, 0.3) is 60.9 Å². The average molecular weight is 835 g/mol. The molecular formula is C60H58N2Si. The van der Waals surface area contributed by atoms with Crippen molar-refractivity contribution >= 4 is 52.1 Å². The quantitative estimate of drug-likeness (QED) is 0.125. The normalized spacial score (nSPS) is 13.3. The summed E-state index contributed by atoms with van der Waals surface area (Å²) in [6.07, 6.45) is 0. The molecule has 0 aliphatic heterocycles. The minimum absolute atomic E-state index is 0.142. The molecule has 0 fully saturated rings. The monoisotopic (exact) mass is 834 g/mol. The third-order valence-electron chi connectivity index (χ3n) is 14.7. The van der Waals surface area contributed by atoms with Gasteiger partial charge in [0.1, 0.15) is 0 Å². The van der Waals surface area contributed by atoms with Crippen molar-refractivity contribution in [3.63, 3.8) is 0 Å². The molecule has 0 spiro atoms. The van der Waals surface area contributed by atoms with Crippen LogP contribution < -0.4 is 10.1 Å². The van der Waals surface area contributed by atoms with Crippen LogP contribution in [0.15, 0.2) is 188 Å². The van der Waals surface area contributed by atoms with Gasteiger partial charge in [0.2, 0.25) is 0 Å². The zero-order chi connectivity index (χ0) is 43.6. The van der Waals surface area contributed by atoms with Crippen molar-refractivity contribution in [1.29, 1.82) is 0 Å². The number of para-hydroxylation sites is 2. The number of nitrogens with zero attached hydrogens (tertiary/aromatic N) is 2. The Hall–Kier alpha value is -6.42. The number of hydrogen-bond donors (Lipinski definition) is 0. The van der Waals surface area contributed by atoms with Crippen LogP contribution in [0, 0.1) is 0 Å². The van der Waals surface area contributed by atoms with Crippen LogP contribution in [0.3, 0.4) is 0 Å². The molecule has 8 aromatic carbocycles. The Morgan fingerprint density at radius 1 is 0.413 bits per heavy atom. The van der Waals surface area contributed by atoms with Gasteiger partial charge < -0.3 is 9.47 Å². The topological polar surface area (TPSA) is 8.17 Å². The van der Waals surface area contributed by atoms with E-state index >= 15 is 0 Å². The van der Waals surface area contributed by atoms with Gasteiger partial charge in [0.15, 0.2) is 0 Å². The summed E-state index contributed by atoms with van der Waals surface area (Å²) in [4.78, 5) is 2.44. The summed E-state index contributed by atoms with van der Waals surface area (Å²) >= 11 is 0. The molecule has 3 heteroatoms. The Kier molecular flexibility index (Phi) is 10.1. The summed E-state index contributed by atoms with van der Waals surface area (Å²) in [6.45, 7) is 19.7. The van der Waals surface area contributed by atoms with E-state index in [9.17, 15) is 0 Å². The van der Waals surface area contributed by atoms with Crippen LogP contribution in [-0.2, 0) is 5.41 Å². The molecule has 0 saturated carbocycles. The Morgan fingerprint density at radius 2 is 0.889 bits per heavy atom. The van der Waals surface area contributed by atoms with Crippen LogP contribution in [0.1, 0.15) is 66.5 Å². The average Bonchev–Trinajstić information content (AvgIpc) is 3.75. The SMILES string of the molecule is CC(C)[Si](c1ccc2c(c1)C(C)(C)c1cc(N(c3ccc(-c4ccccc4)cc3)c3ccc(-c4ccc5c(c4)c4ccccc4n5-c4ccccc4)cc3)ccc1-2)(C(C)C)C(C)C. The van der Waals surface area contributed by atoms with E-state index in [0.717, 1.165) is 11.4 Å². The molecule has 0 N–H and O–H groups in total. The summed E-state index contributed by atoms with van der Waals surface area (Å²) in [5, 5.41) is 4.14. The van der Waals surface area contributed by atoms with Gasteiger partial charge in [0, 0.05) is 38.9 Å². The highest BCUT2D eigenvalue weighted by molar-refractivity contribution is 6.95. The van der Waals surface area contributed by atoms with Gasteiger partial charge in [-0.15, -0.1) is 0 Å². The molecular weight excluding hydrogens is 777 g/mol. The van der Waals surface area contributed by atoms with Gasteiger partial charge in [-0.05, 0) is 128 Å². The van der Waals surface area contributed by atoms with Crippen molar-refractivity contribution in [3.05, 3.63) is 199 Å². The van der Waals surface area contributed by atoms with E-state index in [-0.39, 0.29) is 5.41 Å². The second-order valence-corrected chi connectivity index (χ2v) is 25.1. The van der Waals surface area contributed by atoms with Crippen molar-refractivity contribution in [3.8, 4) is 39.1 Å². The van der Waals surface area contributed by atoms with Gasteiger partial charge in [0.25, 0.3) is 0 Å². The number of anilines is 3. The van der Waals surface area contributed by atoms with Crippen LogP contribution in [0.4, 0.5) is 17.1 Å². The van der Waals surface area contributed by atoms with Gasteiger partial charge in [-0.3, -0.25) is 0 Å². The minimum atomic E-state index is -1.84. The lowest BCUT2D eigenvalue weighted by Crippen LogP contribution is -2.55. The van der Waals surface area contributed by atoms with Crippen LogP contribution >= 0.6 is 0 Å². The molecule has 63 heavy (non-hydrogen) atoms. The number of rotatable bonds is 10. The second kappa shape index (κ2) is 15.7. The van der Waals surface area contributed by atoms with Crippen molar-refractivity contribution in [2.75, 3.05) is 4.90 Å². The molecule has 0 saturated heterocycles. The highest BCUT2D eigenvalue weighted by Crippen LogP contribution is 2.52. The van der Waals surface area contributed by atoms with Crippen LogP contribution in [0.2, 0.25) is 16.6 Å². The fourth-order valence-electron chi connectivity index (χ4n) is 11.8. The maximum absolute atomic E-state index is 2.64. The highest BCUT2D eigenvalue weighted by Gasteiger charge is 2.46. The van der Waals surface area contributed by atoms with E-state index in [1.165, 1.54) is 77.7 Å². The lowest BCUT2D eigenvalue weighted by atomic mass is 9.82. The molecule has 1 aromatic heterocycles. The van der Waals surface area contributed by atoms with Crippen LogP contribution in [0.5, 0.6) is 0 Å². The summed E-state index contributed by atoms with van der Waals surface area (Å²) in [5.41, 5.74) is 19.3. The number of fused-ring (bicyclic) bond motifs is 6. The molecule has 10 rings (SSSR count). The molecule has 2 nitrogen and oxygen atoms in total. The van der Waals surface area contributed by atoms with E-state index in [1.54, 1.807) is 5.19 Å².